The Morgan fingerprint density at radius 1 is 1.50 bits per heavy atom. The minimum Gasteiger partial charge on any atom is -0.469 e. The lowest BCUT2D eigenvalue weighted by Crippen LogP contribution is -2.39. The molecule has 8 nitrogen and oxygen atoms in total. The van der Waals surface area contributed by atoms with Crippen LogP contribution in [0.2, 0.25) is 0 Å². The Morgan fingerprint density at radius 2 is 2.35 bits per heavy atom. The number of carbonyl (C=O) groups is 1. The minimum absolute atomic E-state index is 0.0793. The molecule has 0 aromatic carbocycles. The summed E-state index contributed by atoms with van der Waals surface area (Å²) in [7, 11) is 3.23. The molecule has 0 amide bonds. The third kappa shape index (κ3) is 3.97. The van der Waals surface area contributed by atoms with E-state index >= 15 is 0 Å². The number of nitrogens with zero attached hydrogens (tertiary/aromatic N) is 5. The Hall–Kier alpha value is -1.54. The highest BCUT2D eigenvalue weighted by Gasteiger charge is 2.25. The maximum atomic E-state index is 11.0. The summed E-state index contributed by atoms with van der Waals surface area (Å²) in [6.45, 7) is 3.31. The van der Waals surface area contributed by atoms with Crippen molar-refractivity contribution in [2.24, 2.45) is 7.05 Å². The van der Waals surface area contributed by atoms with Gasteiger partial charge in [0.05, 0.1) is 13.7 Å². The van der Waals surface area contributed by atoms with Gasteiger partial charge in [0.25, 0.3) is 0 Å². The number of hydrogen-bond acceptors (Lipinski definition) is 7. The van der Waals surface area contributed by atoms with Crippen molar-refractivity contribution < 1.29 is 14.3 Å². The van der Waals surface area contributed by atoms with E-state index in [4.69, 9.17) is 4.74 Å². The van der Waals surface area contributed by atoms with E-state index in [-0.39, 0.29) is 12.1 Å². The Labute approximate surface area is 118 Å². The molecule has 1 aromatic heterocycles. The average molecular weight is 283 g/mol. The highest BCUT2D eigenvalue weighted by atomic mass is 16.5. The zero-order valence-corrected chi connectivity index (χ0v) is 12.0. The first-order chi connectivity index (χ1) is 9.70. The number of unbranched alkanes of at least 4 members (excludes halogenated alkanes) is 1. The van der Waals surface area contributed by atoms with Gasteiger partial charge in [-0.1, -0.05) is 0 Å². The van der Waals surface area contributed by atoms with Crippen molar-refractivity contribution in [1.82, 2.24) is 25.1 Å². The first kappa shape index (κ1) is 14.9. The number of carbonyl (C=O) groups excluding carboxylic acids is 1. The fraction of sp³-hybridized carbons (Fsp3) is 0.833. The van der Waals surface area contributed by atoms with Gasteiger partial charge in [-0.25, -0.2) is 4.68 Å². The number of tetrazole rings is 1. The number of esters is 1. The summed E-state index contributed by atoms with van der Waals surface area (Å²) < 4.78 is 12.0. The van der Waals surface area contributed by atoms with Crippen LogP contribution < -0.4 is 0 Å². The molecule has 1 unspecified atom stereocenters. The predicted molar refractivity (Wildman–Crippen MR) is 69.8 cm³/mol. The molecule has 8 heteroatoms. The van der Waals surface area contributed by atoms with Crippen molar-refractivity contribution in [2.75, 3.05) is 33.4 Å². The normalized spacial score (nSPS) is 20.0. The number of hydrogen-bond donors (Lipinski definition) is 0. The van der Waals surface area contributed by atoms with Crippen LogP contribution in [-0.2, 0) is 21.3 Å². The van der Waals surface area contributed by atoms with E-state index in [0.717, 1.165) is 38.3 Å². The van der Waals surface area contributed by atoms with Crippen LogP contribution in [0, 0.1) is 0 Å². The second-order valence-electron chi connectivity index (χ2n) is 4.85. The van der Waals surface area contributed by atoms with E-state index in [1.807, 2.05) is 7.05 Å². The number of aromatic nitrogens is 4. The lowest BCUT2D eigenvalue weighted by molar-refractivity contribution is -0.140. The third-order valence-corrected chi connectivity index (χ3v) is 3.42. The summed E-state index contributed by atoms with van der Waals surface area (Å²) >= 11 is 0. The standard InChI is InChI=1S/C12H21N5O3/c1-16-12(13-14-15-16)10-9-17(7-8-20-10)6-4-3-5-11(18)19-2/h10H,3-9H2,1-2H3. The number of morpholine rings is 1. The van der Waals surface area contributed by atoms with E-state index in [1.165, 1.54) is 7.11 Å². The molecule has 0 spiro atoms. The van der Waals surface area contributed by atoms with E-state index in [9.17, 15) is 4.79 Å². The predicted octanol–water partition coefficient (Wildman–Crippen LogP) is -0.0733. The van der Waals surface area contributed by atoms with E-state index in [2.05, 4.69) is 25.2 Å². The molecule has 1 aromatic rings. The van der Waals surface area contributed by atoms with Crippen LogP contribution in [0.1, 0.15) is 31.2 Å². The summed E-state index contributed by atoms with van der Waals surface area (Å²) in [6, 6.07) is 0. The molecule has 1 atom stereocenters. The molecule has 2 heterocycles. The molecule has 1 aliphatic heterocycles. The second-order valence-corrected chi connectivity index (χ2v) is 4.85. The highest BCUT2D eigenvalue weighted by Crippen LogP contribution is 2.19. The molecule has 0 radical (unpaired) electrons. The van der Waals surface area contributed by atoms with Gasteiger partial charge in [-0.2, -0.15) is 0 Å². The van der Waals surface area contributed by atoms with Crippen LogP contribution in [0.5, 0.6) is 0 Å². The van der Waals surface area contributed by atoms with Crippen molar-refractivity contribution in [2.45, 2.75) is 25.4 Å². The Morgan fingerprint density at radius 3 is 3.05 bits per heavy atom. The van der Waals surface area contributed by atoms with Crippen molar-refractivity contribution >= 4 is 5.97 Å². The number of methoxy groups -OCH3 is 1. The summed E-state index contributed by atoms with van der Waals surface area (Å²) in [6.07, 6.45) is 2.22. The van der Waals surface area contributed by atoms with Gasteiger partial charge in [0.2, 0.25) is 0 Å². The smallest absolute Gasteiger partial charge is 0.305 e. The number of rotatable bonds is 6. The Bertz CT molecular complexity index is 436. The zero-order chi connectivity index (χ0) is 14.4. The van der Waals surface area contributed by atoms with E-state index in [0.29, 0.717) is 13.0 Å². The Kier molecular flexibility index (Phi) is 5.42. The van der Waals surface area contributed by atoms with Gasteiger partial charge in [0, 0.05) is 26.6 Å². The van der Waals surface area contributed by atoms with Crippen molar-refractivity contribution in [3.8, 4) is 0 Å². The Balaban J connectivity index is 1.74. The van der Waals surface area contributed by atoms with Gasteiger partial charge < -0.3 is 9.47 Å². The molecule has 0 aliphatic carbocycles. The summed E-state index contributed by atoms with van der Waals surface area (Å²) in [5.41, 5.74) is 0. The largest absolute Gasteiger partial charge is 0.469 e. The minimum atomic E-state index is -0.144. The van der Waals surface area contributed by atoms with Crippen molar-refractivity contribution in [3.05, 3.63) is 5.82 Å². The molecule has 0 saturated carbocycles. The molecule has 112 valence electrons. The quantitative estimate of drug-likeness (QED) is 0.533. The lowest BCUT2D eigenvalue weighted by Gasteiger charge is -2.31. The summed E-state index contributed by atoms with van der Waals surface area (Å²) in [4.78, 5) is 13.3. The maximum Gasteiger partial charge on any atom is 0.305 e. The molecular formula is C12H21N5O3. The number of ether oxygens (including phenoxy) is 2. The molecule has 20 heavy (non-hydrogen) atoms. The molecule has 0 N–H and O–H groups in total. The van der Waals surface area contributed by atoms with E-state index < -0.39 is 0 Å². The van der Waals surface area contributed by atoms with Crippen molar-refractivity contribution in [3.63, 3.8) is 0 Å². The van der Waals surface area contributed by atoms with Crippen LogP contribution >= 0.6 is 0 Å². The van der Waals surface area contributed by atoms with Crippen LogP contribution in [0.25, 0.3) is 0 Å². The van der Waals surface area contributed by atoms with Crippen LogP contribution in [0.4, 0.5) is 0 Å². The third-order valence-electron chi connectivity index (χ3n) is 3.42. The van der Waals surface area contributed by atoms with Crippen molar-refractivity contribution in [1.29, 1.82) is 0 Å². The molecule has 1 fully saturated rings. The summed E-state index contributed by atoms with van der Waals surface area (Å²) in [5, 5.41) is 11.5. The fourth-order valence-corrected chi connectivity index (χ4v) is 2.28. The van der Waals surface area contributed by atoms with Gasteiger partial charge in [0.1, 0.15) is 6.10 Å². The molecule has 2 rings (SSSR count). The second kappa shape index (κ2) is 7.30. The number of aryl methyl sites for hydroxylation is 1. The first-order valence-corrected chi connectivity index (χ1v) is 6.83. The average Bonchev–Trinajstić information content (AvgIpc) is 2.90. The SMILES string of the molecule is COC(=O)CCCCN1CCOC(c2nnnn2C)C1. The van der Waals surface area contributed by atoms with Crippen LogP contribution in [-0.4, -0.2) is 64.4 Å². The first-order valence-electron chi connectivity index (χ1n) is 6.83. The van der Waals surface area contributed by atoms with Gasteiger partial charge in [-0.3, -0.25) is 9.69 Å². The van der Waals surface area contributed by atoms with E-state index in [1.54, 1.807) is 4.68 Å². The van der Waals surface area contributed by atoms with Crippen LogP contribution in [0.3, 0.4) is 0 Å². The molecule has 0 bridgehead atoms. The maximum absolute atomic E-state index is 11.0. The lowest BCUT2D eigenvalue weighted by atomic mass is 10.2. The monoisotopic (exact) mass is 283 g/mol. The van der Waals surface area contributed by atoms with Gasteiger partial charge in [-0.15, -0.1) is 5.10 Å². The molecular weight excluding hydrogens is 262 g/mol. The van der Waals surface area contributed by atoms with Gasteiger partial charge >= 0.3 is 5.97 Å². The fourth-order valence-electron chi connectivity index (χ4n) is 2.28. The molecule has 1 saturated heterocycles. The van der Waals surface area contributed by atoms with Crippen LogP contribution in [0.15, 0.2) is 0 Å². The highest BCUT2D eigenvalue weighted by molar-refractivity contribution is 5.68. The topological polar surface area (TPSA) is 82.4 Å². The summed E-state index contributed by atoms with van der Waals surface area (Å²) in [5.74, 6) is 0.610. The molecule has 1 aliphatic rings. The van der Waals surface area contributed by atoms with Gasteiger partial charge in [-0.05, 0) is 29.8 Å². The zero-order valence-electron chi connectivity index (χ0n) is 12.0. The van der Waals surface area contributed by atoms with Gasteiger partial charge in [0.15, 0.2) is 5.82 Å².